The van der Waals surface area contributed by atoms with Crippen LogP contribution in [0.2, 0.25) is 0 Å². The number of hydrogen-bond donors (Lipinski definition) is 2. The lowest BCUT2D eigenvalue weighted by Crippen LogP contribution is -2.38. The molecule has 2 heterocycles. The number of aliphatic hydroxyl groups is 2. The molecule has 37 heavy (non-hydrogen) atoms. The first-order chi connectivity index (χ1) is 18.0. The highest BCUT2D eigenvalue weighted by molar-refractivity contribution is 7.99. The number of hydrogen-bond acceptors (Lipinski definition) is 7. The van der Waals surface area contributed by atoms with Gasteiger partial charge < -0.3 is 19.7 Å². The van der Waals surface area contributed by atoms with Gasteiger partial charge in [0.25, 0.3) is 11.8 Å². The number of fused-ring (bicyclic) bond motifs is 1. The summed E-state index contributed by atoms with van der Waals surface area (Å²) in [5.41, 5.74) is 3.75. The maximum atomic E-state index is 13.0. The average molecular weight is 520 g/mol. The Bertz CT molecular complexity index is 1240. The van der Waals surface area contributed by atoms with Gasteiger partial charge in [0.05, 0.1) is 42.2 Å². The molecule has 0 aromatic heterocycles. The predicted octanol–water partition coefficient (Wildman–Crippen LogP) is 4.50. The average Bonchev–Trinajstić information content (AvgIpc) is 3.19. The van der Waals surface area contributed by atoms with Crippen molar-refractivity contribution in [2.24, 2.45) is 5.92 Å². The van der Waals surface area contributed by atoms with Crippen molar-refractivity contribution in [3.05, 3.63) is 101 Å². The monoisotopic (exact) mass is 519 g/mol. The van der Waals surface area contributed by atoms with Crippen LogP contribution in [0.4, 0.5) is 5.69 Å². The lowest BCUT2D eigenvalue weighted by atomic mass is 9.91. The molecule has 192 valence electrons. The van der Waals surface area contributed by atoms with Crippen LogP contribution < -0.4 is 4.90 Å². The summed E-state index contributed by atoms with van der Waals surface area (Å²) < 4.78 is 12.9. The second-order valence-corrected chi connectivity index (χ2v) is 10.4. The molecule has 0 unspecified atom stereocenters. The van der Waals surface area contributed by atoms with E-state index >= 15 is 0 Å². The Hall–Kier alpha value is -3.01. The van der Waals surface area contributed by atoms with E-state index in [2.05, 4.69) is 6.92 Å². The normalized spacial score (nSPS) is 23.4. The summed E-state index contributed by atoms with van der Waals surface area (Å²) in [6.45, 7) is 2.15. The van der Waals surface area contributed by atoms with Gasteiger partial charge in [0.2, 0.25) is 0 Å². The summed E-state index contributed by atoms with van der Waals surface area (Å²) in [5.74, 6) is 0.629. The Labute approximate surface area is 220 Å². The lowest BCUT2D eigenvalue weighted by molar-refractivity contribution is -0.268. The molecular formula is C29H29NO6S. The summed E-state index contributed by atoms with van der Waals surface area (Å²) in [5, 5.41) is 18.7. The molecule has 2 amide bonds. The van der Waals surface area contributed by atoms with Gasteiger partial charge >= 0.3 is 0 Å². The lowest BCUT2D eigenvalue weighted by Gasteiger charge is -2.41. The molecular weight excluding hydrogens is 490 g/mol. The molecule has 3 aromatic rings. The van der Waals surface area contributed by atoms with Gasteiger partial charge in [0, 0.05) is 23.0 Å². The first-order valence-corrected chi connectivity index (χ1v) is 13.4. The number of imide groups is 1. The molecule has 0 radical (unpaired) electrons. The van der Waals surface area contributed by atoms with Gasteiger partial charge in [-0.15, -0.1) is 0 Å². The van der Waals surface area contributed by atoms with Crippen LogP contribution in [0, 0.1) is 5.92 Å². The topological polar surface area (TPSA) is 96.3 Å². The van der Waals surface area contributed by atoms with Crippen LogP contribution in [-0.4, -0.2) is 46.2 Å². The fraction of sp³-hybridized carbons (Fsp3) is 0.310. The Morgan fingerprint density at radius 1 is 0.865 bits per heavy atom. The van der Waals surface area contributed by atoms with Gasteiger partial charge in [-0.1, -0.05) is 55.5 Å². The van der Waals surface area contributed by atoms with E-state index < -0.39 is 6.29 Å². The number of amides is 2. The van der Waals surface area contributed by atoms with Crippen LogP contribution in [-0.2, 0) is 16.1 Å². The fourth-order valence-electron chi connectivity index (χ4n) is 4.81. The highest BCUT2D eigenvalue weighted by Crippen LogP contribution is 2.43. The maximum Gasteiger partial charge on any atom is 0.266 e. The Morgan fingerprint density at radius 2 is 1.57 bits per heavy atom. The quantitative estimate of drug-likeness (QED) is 0.334. The van der Waals surface area contributed by atoms with Gasteiger partial charge in [0.15, 0.2) is 6.29 Å². The molecule has 4 atom stereocenters. The molecule has 2 N–H and O–H groups in total. The van der Waals surface area contributed by atoms with Crippen molar-refractivity contribution >= 4 is 29.3 Å². The molecule has 5 rings (SSSR count). The highest BCUT2D eigenvalue weighted by Gasteiger charge is 2.40. The van der Waals surface area contributed by atoms with Crippen LogP contribution in [0.3, 0.4) is 0 Å². The number of anilines is 1. The molecule has 7 nitrogen and oxygen atoms in total. The van der Waals surface area contributed by atoms with Crippen LogP contribution in [0.25, 0.3) is 0 Å². The molecule has 8 heteroatoms. The molecule has 3 aromatic carbocycles. The third kappa shape index (κ3) is 5.08. The number of ether oxygens (including phenoxy) is 2. The molecule has 2 aliphatic rings. The van der Waals surface area contributed by atoms with Crippen molar-refractivity contribution in [1.82, 2.24) is 0 Å². The second-order valence-electron chi connectivity index (χ2n) is 9.21. The third-order valence-electron chi connectivity index (χ3n) is 6.84. The molecule has 0 saturated carbocycles. The van der Waals surface area contributed by atoms with Crippen molar-refractivity contribution < 1.29 is 29.3 Å². The molecule has 0 bridgehead atoms. The summed E-state index contributed by atoms with van der Waals surface area (Å²) in [6.07, 6.45) is -1.14. The van der Waals surface area contributed by atoms with E-state index in [0.29, 0.717) is 33.9 Å². The van der Waals surface area contributed by atoms with Crippen LogP contribution in [0.1, 0.15) is 56.7 Å². The van der Waals surface area contributed by atoms with E-state index in [0.717, 1.165) is 11.1 Å². The first-order valence-electron chi connectivity index (χ1n) is 12.3. The maximum absolute atomic E-state index is 13.0. The largest absolute Gasteiger partial charge is 0.396 e. The number of carbonyl (C=O) groups is 2. The number of benzene rings is 3. The minimum Gasteiger partial charge on any atom is -0.396 e. The van der Waals surface area contributed by atoms with Crippen LogP contribution >= 0.6 is 11.8 Å². The zero-order chi connectivity index (χ0) is 25.9. The van der Waals surface area contributed by atoms with Crippen molar-refractivity contribution in [1.29, 1.82) is 0 Å². The van der Waals surface area contributed by atoms with Crippen molar-refractivity contribution in [3.63, 3.8) is 0 Å². The highest BCUT2D eigenvalue weighted by atomic mass is 32.2. The van der Waals surface area contributed by atoms with Crippen molar-refractivity contribution in [2.75, 3.05) is 23.0 Å². The van der Waals surface area contributed by atoms with E-state index in [1.54, 1.807) is 54.2 Å². The summed E-state index contributed by atoms with van der Waals surface area (Å²) in [6, 6.07) is 21.7. The Kier molecular flexibility index (Phi) is 7.73. The molecule has 1 saturated heterocycles. The van der Waals surface area contributed by atoms with E-state index in [9.17, 15) is 19.8 Å². The zero-order valence-corrected chi connectivity index (χ0v) is 21.3. The fourth-order valence-corrected chi connectivity index (χ4v) is 5.72. The summed E-state index contributed by atoms with van der Waals surface area (Å²) in [4.78, 5) is 27.2. The number of thioether (sulfide) groups is 1. The number of rotatable bonds is 8. The van der Waals surface area contributed by atoms with Crippen LogP contribution in [0.5, 0.6) is 0 Å². The van der Waals surface area contributed by atoms with Gasteiger partial charge in [0.1, 0.15) is 0 Å². The van der Waals surface area contributed by atoms with E-state index in [1.165, 1.54) is 4.90 Å². The minimum atomic E-state index is -0.714. The smallest absolute Gasteiger partial charge is 0.266 e. The van der Waals surface area contributed by atoms with E-state index in [1.807, 2.05) is 30.3 Å². The Morgan fingerprint density at radius 3 is 2.22 bits per heavy atom. The molecule has 0 spiro atoms. The van der Waals surface area contributed by atoms with Crippen LogP contribution in [0.15, 0.2) is 72.8 Å². The third-order valence-corrected chi connectivity index (χ3v) is 7.87. The van der Waals surface area contributed by atoms with E-state index in [4.69, 9.17) is 9.47 Å². The van der Waals surface area contributed by atoms with Gasteiger partial charge in [-0.05, 0) is 35.4 Å². The minimum absolute atomic E-state index is 0.0295. The summed E-state index contributed by atoms with van der Waals surface area (Å²) >= 11 is 1.62. The Balaban J connectivity index is 1.44. The van der Waals surface area contributed by atoms with Crippen molar-refractivity contribution in [2.45, 2.75) is 32.0 Å². The van der Waals surface area contributed by atoms with E-state index in [-0.39, 0.29) is 43.2 Å². The molecule has 2 aliphatic heterocycles. The molecule has 1 fully saturated rings. The van der Waals surface area contributed by atoms with Gasteiger partial charge in [-0.25, -0.2) is 4.90 Å². The first kappa shape index (κ1) is 25.6. The standard InChI is InChI=1S/C29H29NO6S/c1-18-25(17-37-14-13-31)35-29(36-26(18)20-11-9-19(16-32)10-12-20)21-5-4-6-22(15-21)30-27(33)23-7-2-3-8-24(23)28(30)34/h2-12,15,18,25-26,29,31-32H,13-14,16-17H2,1H3/t18-,25+,26+,29+/m1/s1. The second kappa shape index (κ2) is 11.2. The van der Waals surface area contributed by atoms with Gasteiger partial charge in [-0.2, -0.15) is 11.8 Å². The number of aliphatic hydroxyl groups excluding tert-OH is 2. The SMILES string of the molecule is C[C@@H]1[C@H](CSCCO)O[C@H](c2cccc(N3C(=O)c4ccccc4C3=O)c2)O[C@@H]1c1ccc(CO)cc1. The predicted molar refractivity (Wildman–Crippen MR) is 141 cm³/mol. The summed E-state index contributed by atoms with van der Waals surface area (Å²) in [7, 11) is 0. The van der Waals surface area contributed by atoms with Crippen molar-refractivity contribution in [3.8, 4) is 0 Å². The number of carbonyl (C=O) groups excluding carboxylic acids is 2. The number of nitrogens with zero attached hydrogens (tertiary/aromatic N) is 1. The molecule has 0 aliphatic carbocycles. The zero-order valence-electron chi connectivity index (χ0n) is 20.4. The van der Waals surface area contributed by atoms with Gasteiger partial charge in [-0.3, -0.25) is 9.59 Å².